The third kappa shape index (κ3) is 7.50. The molecular formula is C14H22O3. The van der Waals surface area contributed by atoms with Crippen LogP contribution in [0.25, 0.3) is 0 Å². The molecule has 0 fully saturated rings. The number of hydrogen-bond acceptors (Lipinski definition) is 3. The molecule has 0 saturated carbocycles. The molecular weight excluding hydrogens is 216 g/mol. The largest absolute Gasteiger partial charge is 0.466 e. The summed E-state index contributed by atoms with van der Waals surface area (Å²) in [6.07, 6.45) is 5.78. The van der Waals surface area contributed by atoms with Gasteiger partial charge < -0.3 is 4.74 Å². The van der Waals surface area contributed by atoms with E-state index in [9.17, 15) is 9.59 Å². The summed E-state index contributed by atoms with van der Waals surface area (Å²) in [6, 6.07) is 0. The molecule has 0 bridgehead atoms. The lowest BCUT2D eigenvalue weighted by Crippen LogP contribution is -2.05. The van der Waals surface area contributed by atoms with Gasteiger partial charge >= 0.3 is 5.97 Å². The van der Waals surface area contributed by atoms with Crippen molar-refractivity contribution in [2.24, 2.45) is 5.92 Å². The Bertz CT molecular complexity index is 313. The van der Waals surface area contributed by atoms with Crippen LogP contribution in [0.2, 0.25) is 0 Å². The van der Waals surface area contributed by atoms with E-state index >= 15 is 0 Å². The molecule has 0 aromatic carbocycles. The molecule has 3 heteroatoms. The van der Waals surface area contributed by atoms with Gasteiger partial charge in [-0.1, -0.05) is 32.4 Å². The lowest BCUT2D eigenvalue weighted by Gasteiger charge is -2.07. The molecule has 0 saturated heterocycles. The molecule has 0 heterocycles. The maximum atomic E-state index is 11.4. The van der Waals surface area contributed by atoms with Crippen molar-refractivity contribution in [3.8, 4) is 0 Å². The Labute approximate surface area is 104 Å². The molecule has 0 aliphatic carbocycles. The smallest absolute Gasteiger partial charge is 0.310 e. The molecule has 0 amide bonds. The van der Waals surface area contributed by atoms with E-state index in [0.717, 1.165) is 18.3 Å². The van der Waals surface area contributed by atoms with Gasteiger partial charge in [-0.15, -0.1) is 0 Å². The average molecular weight is 238 g/mol. The third-order valence-electron chi connectivity index (χ3n) is 2.40. The van der Waals surface area contributed by atoms with Gasteiger partial charge in [0.15, 0.2) is 0 Å². The zero-order valence-electron chi connectivity index (χ0n) is 11.2. The predicted octanol–water partition coefficient (Wildman–Crippen LogP) is 3.06. The van der Waals surface area contributed by atoms with Crippen LogP contribution in [0.5, 0.6) is 0 Å². The Morgan fingerprint density at radius 3 is 2.47 bits per heavy atom. The van der Waals surface area contributed by atoms with Crippen molar-refractivity contribution in [1.29, 1.82) is 0 Å². The first-order chi connectivity index (χ1) is 8.03. The van der Waals surface area contributed by atoms with Crippen molar-refractivity contribution in [2.45, 2.75) is 40.5 Å². The van der Waals surface area contributed by atoms with Crippen LogP contribution in [0.4, 0.5) is 0 Å². The number of ether oxygens (including phenoxy) is 1. The van der Waals surface area contributed by atoms with E-state index in [-0.39, 0.29) is 12.4 Å². The lowest BCUT2D eigenvalue weighted by atomic mass is 10.0. The summed E-state index contributed by atoms with van der Waals surface area (Å²) >= 11 is 0. The SMILES string of the molecule is CCOC(=O)CC(C=C(C)C=O)=CC(C)CC. The molecule has 0 aromatic rings. The summed E-state index contributed by atoms with van der Waals surface area (Å²) in [5.41, 5.74) is 1.46. The maximum Gasteiger partial charge on any atom is 0.310 e. The van der Waals surface area contributed by atoms with Gasteiger partial charge in [-0.25, -0.2) is 0 Å². The summed E-state index contributed by atoms with van der Waals surface area (Å²) in [6.45, 7) is 8.05. The second-order valence-electron chi connectivity index (χ2n) is 4.12. The summed E-state index contributed by atoms with van der Waals surface area (Å²) in [5, 5.41) is 0. The Hall–Kier alpha value is -1.38. The van der Waals surface area contributed by atoms with Crippen molar-refractivity contribution < 1.29 is 14.3 Å². The zero-order chi connectivity index (χ0) is 13.3. The van der Waals surface area contributed by atoms with Gasteiger partial charge in [-0.05, 0) is 30.9 Å². The van der Waals surface area contributed by atoms with Gasteiger partial charge in [0.1, 0.15) is 6.29 Å². The minimum atomic E-state index is -0.253. The van der Waals surface area contributed by atoms with Gasteiger partial charge in [-0.3, -0.25) is 9.59 Å². The van der Waals surface area contributed by atoms with Crippen LogP contribution >= 0.6 is 0 Å². The fourth-order valence-corrected chi connectivity index (χ4v) is 1.35. The third-order valence-corrected chi connectivity index (χ3v) is 2.40. The van der Waals surface area contributed by atoms with E-state index in [2.05, 4.69) is 13.8 Å². The molecule has 1 unspecified atom stereocenters. The first kappa shape index (κ1) is 15.6. The summed E-state index contributed by atoms with van der Waals surface area (Å²) in [4.78, 5) is 22.0. The van der Waals surface area contributed by atoms with Crippen molar-refractivity contribution in [3.63, 3.8) is 0 Å². The van der Waals surface area contributed by atoms with Crippen LogP contribution < -0.4 is 0 Å². The van der Waals surface area contributed by atoms with Crippen LogP contribution in [0, 0.1) is 5.92 Å². The number of hydrogen-bond donors (Lipinski definition) is 0. The minimum absolute atomic E-state index is 0.226. The number of aldehydes is 1. The second-order valence-corrected chi connectivity index (χ2v) is 4.12. The van der Waals surface area contributed by atoms with E-state index < -0.39 is 0 Å². The van der Waals surface area contributed by atoms with E-state index in [1.54, 1.807) is 19.9 Å². The highest BCUT2D eigenvalue weighted by Crippen LogP contribution is 2.13. The first-order valence-corrected chi connectivity index (χ1v) is 6.03. The maximum absolute atomic E-state index is 11.4. The summed E-state index contributed by atoms with van der Waals surface area (Å²) in [5.74, 6) is 0.132. The quantitative estimate of drug-likeness (QED) is 0.296. The monoisotopic (exact) mass is 238 g/mol. The molecule has 0 aliphatic rings. The number of rotatable bonds is 7. The fraction of sp³-hybridized carbons (Fsp3) is 0.571. The highest BCUT2D eigenvalue weighted by molar-refractivity contribution is 5.76. The van der Waals surface area contributed by atoms with Gasteiger partial charge in [0.05, 0.1) is 13.0 Å². The van der Waals surface area contributed by atoms with Crippen molar-refractivity contribution >= 4 is 12.3 Å². The molecule has 17 heavy (non-hydrogen) atoms. The van der Waals surface area contributed by atoms with Gasteiger partial charge in [0, 0.05) is 0 Å². The molecule has 0 spiro atoms. The lowest BCUT2D eigenvalue weighted by molar-refractivity contribution is -0.142. The Balaban J connectivity index is 4.80. The van der Waals surface area contributed by atoms with Crippen LogP contribution in [-0.2, 0) is 14.3 Å². The van der Waals surface area contributed by atoms with E-state index in [1.807, 2.05) is 6.08 Å². The topological polar surface area (TPSA) is 43.4 Å². The molecule has 0 aliphatic heterocycles. The molecule has 3 nitrogen and oxygen atoms in total. The highest BCUT2D eigenvalue weighted by Gasteiger charge is 2.06. The van der Waals surface area contributed by atoms with Gasteiger partial charge in [0.2, 0.25) is 0 Å². The standard InChI is InChI=1S/C14H22O3/c1-5-11(3)7-13(8-12(4)10-15)9-14(16)17-6-2/h7-8,10-11H,5-6,9H2,1-4H3. The number of carbonyl (C=O) groups is 2. The van der Waals surface area contributed by atoms with Crippen LogP contribution in [0.15, 0.2) is 23.3 Å². The fourth-order valence-electron chi connectivity index (χ4n) is 1.35. The van der Waals surface area contributed by atoms with Crippen LogP contribution in [0.3, 0.4) is 0 Å². The van der Waals surface area contributed by atoms with E-state index in [1.165, 1.54) is 0 Å². The molecule has 0 N–H and O–H groups in total. The second kappa shape index (κ2) is 8.74. The number of allylic oxidation sites excluding steroid dienone is 3. The van der Waals surface area contributed by atoms with Crippen molar-refractivity contribution in [2.75, 3.05) is 6.61 Å². The predicted molar refractivity (Wildman–Crippen MR) is 68.6 cm³/mol. The Morgan fingerprint density at radius 1 is 1.35 bits per heavy atom. The van der Waals surface area contributed by atoms with E-state index in [0.29, 0.717) is 18.1 Å². The van der Waals surface area contributed by atoms with Gasteiger partial charge in [0.25, 0.3) is 0 Å². The van der Waals surface area contributed by atoms with E-state index in [4.69, 9.17) is 4.74 Å². The van der Waals surface area contributed by atoms with Gasteiger partial charge in [-0.2, -0.15) is 0 Å². The number of esters is 1. The molecule has 96 valence electrons. The Kier molecular flexibility index (Phi) is 8.03. The molecule has 0 radical (unpaired) electrons. The van der Waals surface area contributed by atoms with Crippen LogP contribution in [0.1, 0.15) is 40.5 Å². The number of carbonyl (C=O) groups excluding carboxylic acids is 2. The normalized spacial score (nSPS) is 14.4. The summed E-state index contributed by atoms with van der Waals surface area (Å²) < 4.78 is 4.91. The minimum Gasteiger partial charge on any atom is -0.466 e. The van der Waals surface area contributed by atoms with Crippen molar-refractivity contribution in [1.82, 2.24) is 0 Å². The summed E-state index contributed by atoms with van der Waals surface area (Å²) in [7, 11) is 0. The Morgan fingerprint density at radius 2 is 2.00 bits per heavy atom. The highest BCUT2D eigenvalue weighted by atomic mass is 16.5. The molecule has 0 rings (SSSR count). The zero-order valence-corrected chi connectivity index (χ0v) is 11.2. The first-order valence-electron chi connectivity index (χ1n) is 6.03. The van der Waals surface area contributed by atoms with Crippen LogP contribution in [-0.4, -0.2) is 18.9 Å². The van der Waals surface area contributed by atoms with Crippen molar-refractivity contribution in [3.05, 3.63) is 23.3 Å². The average Bonchev–Trinajstić information content (AvgIpc) is 2.28. The molecule has 0 aromatic heterocycles. The molecule has 1 atom stereocenters.